The summed E-state index contributed by atoms with van der Waals surface area (Å²) >= 11 is 7.82. The zero-order chi connectivity index (χ0) is 31.1. The minimum Gasteiger partial charge on any atom is -0.467 e. The number of carbonyl (C=O) groups excluding carboxylic acids is 1. The Balaban J connectivity index is 1.64. The number of hydrogen-bond acceptors (Lipinski definition) is 9. The van der Waals surface area contributed by atoms with Crippen LogP contribution in [0.25, 0.3) is 32.0 Å². The Labute approximate surface area is 263 Å². The van der Waals surface area contributed by atoms with E-state index in [-0.39, 0.29) is 0 Å². The highest BCUT2D eigenvalue weighted by atomic mass is 35.5. The standard InChI is InChI=1S/C33H40ClN5O3S/c1-19(2)38-15-16-39(21(4)18-38)32-35-14-13-24(37-32)30-36-25-17-20(3)26(28(31(40)41-8)42-33(5,6)7)27(29(25)43-30)22-9-11-23(34)12-10-22/h9-14,17,19,21,28H,15-16,18H2,1-8H3. The van der Waals surface area contributed by atoms with Gasteiger partial charge in [-0.25, -0.2) is 19.7 Å². The number of aromatic nitrogens is 3. The molecule has 43 heavy (non-hydrogen) atoms. The van der Waals surface area contributed by atoms with Crippen molar-refractivity contribution < 1.29 is 14.3 Å². The van der Waals surface area contributed by atoms with Gasteiger partial charge in [0.05, 0.1) is 22.9 Å². The monoisotopic (exact) mass is 621 g/mol. The molecule has 0 spiro atoms. The van der Waals surface area contributed by atoms with Crippen LogP contribution in [0, 0.1) is 6.92 Å². The number of aryl methyl sites for hydroxylation is 1. The first kappa shape index (κ1) is 31.3. The summed E-state index contributed by atoms with van der Waals surface area (Å²) in [4.78, 5) is 32.7. The molecule has 8 nitrogen and oxygen atoms in total. The van der Waals surface area contributed by atoms with Gasteiger partial charge in [0.15, 0.2) is 6.10 Å². The molecule has 1 saturated heterocycles. The van der Waals surface area contributed by atoms with Crippen molar-refractivity contribution in [1.29, 1.82) is 0 Å². The lowest BCUT2D eigenvalue weighted by atomic mass is 9.91. The van der Waals surface area contributed by atoms with Crippen molar-refractivity contribution in [2.24, 2.45) is 0 Å². The molecule has 3 heterocycles. The highest BCUT2D eigenvalue weighted by molar-refractivity contribution is 7.22. The number of nitrogens with zero attached hydrogens (tertiary/aromatic N) is 5. The van der Waals surface area contributed by atoms with Gasteiger partial charge >= 0.3 is 5.97 Å². The van der Waals surface area contributed by atoms with E-state index in [2.05, 4.69) is 35.6 Å². The van der Waals surface area contributed by atoms with E-state index in [1.165, 1.54) is 7.11 Å². The quantitative estimate of drug-likeness (QED) is 0.198. The molecule has 2 aromatic heterocycles. The largest absolute Gasteiger partial charge is 0.467 e. The van der Waals surface area contributed by atoms with E-state index in [0.29, 0.717) is 23.1 Å². The fraction of sp³-hybridized carbons (Fsp3) is 0.455. The van der Waals surface area contributed by atoms with Crippen LogP contribution in [0.1, 0.15) is 58.8 Å². The third-order valence-electron chi connectivity index (χ3n) is 7.72. The predicted molar refractivity (Wildman–Crippen MR) is 175 cm³/mol. The van der Waals surface area contributed by atoms with Crippen LogP contribution in [0.15, 0.2) is 42.6 Å². The average Bonchev–Trinajstić information content (AvgIpc) is 3.38. The Morgan fingerprint density at radius 3 is 2.47 bits per heavy atom. The number of esters is 1. The molecule has 5 rings (SSSR count). The minimum atomic E-state index is -0.928. The number of thiazole rings is 1. The SMILES string of the molecule is COC(=O)C(OC(C)(C)C)c1c(C)cc2nc(-c3ccnc(N4CCN(C(C)C)CC4C)n3)sc2c1-c1ccc(Cl)cc1. The molecule has 2 aromatic carbocycles. The summed E-state index contributed by atoms with van der Waals surface area (Å²) in [6.07, 6.45) is 0.884. The number of anilines is 1. The van der Waals surface area contributed by atoms with Gasteiger partial charge in [-0.15, -0.1) is 11.3 Å². The summed E-state index contributed by atoms with van der Waals surface area (Å²) in [5.41, 5.74) is 4.43. The van der Waals surface area contributed by atoms with Crippen molar-refractivity contribution in [1.82, 2.24) is 19.9 Å². The van der Waals surface area contributed by atoms with Crippen LogP contribution in [0.2, 0.25) is 5.02 Å². The lowest BCUT2D eigenvalue weighted by Crippen LogP contribution is -2.54. The van der Waals surface area contributed by atoms with Crippen molar-refractivity contribution >= 4 is 45.1 Å². The van der Waals surface area contributed by atoms with E-state index in [4.69, 9.17) is 31.0 Å². The van der Waals surface area contributed by atoms with E-state index >= 15 is 0 Å². The van der Waals surface area contributed by atoms with Gasteiger partial charge < -0.3 is 14.4 Å². The predicted octanol–water partition coefficient (Wildman–Crippen LogP) is 7.33. The molecule has 0 bridgehead atoms. The van der Waals surface area contributed by atoms with Crippen LogP contribution in [-0.4, -0.2) is 70.2 Å². The van der Waals surface area contributed by atoms with Crippen molar-refractivity contribution in [2.45, 2.75) is 72.3 Å². The van der Waals surface area contributed by atoms with Crippen LogP contribution in [0.3, 0.4) is 0 Å². The van der Waals surface area contributed by atoms with E-state index in [1.807, 2.05) is 70.3 Å². The van der Waals surface area contributed by atoms with Gasteiger partial charge in [0.1, 0.15) is 10.7 Å². The van der Waals surface area contributed by atoms with Crippen LogP contribution >= 0.6 is 22.9 Å². The van der Waals surface area contributed by atoms with Gasteiger partial charge in [-0.1, -0.05) is 23.7 Å². The molecule has 0 N–H and O–H groups in total. The Hall–Kier alpha value is -3.11. The molecule has 10 heteroatoms. The van der Waals surface area contributed by atoms with E-state index < -0.39 is 17.7 Å². The van der Waals surface area contributed by atoms with Crippen LogP contribution in [0.4, 0.5) is 5.95 Å². The second kappa shape index (κ2) is 12.5. The Bertz CT molecular complexity index is 1620. The molecule has 0 radical (unpaired) electrons. The molecule has 0 aliphatic carbocycles. The van der Waals surface area contributed by atoms with E-state index in [9.17, 15) is 4.79 Å². The highest BCUT2D eigenvalue weighted by Gasteiger charge is 2.33. The topological polar surface area (TPSA) is 80.7 Å². The Morgan fingerprint density at radius 1 is 1.12 bits per heavy atom. The summed E-state index contributed by atoms with van der Waals surface area (Å²) < 4.78 is 12.5. The summed E-state index contributed by atoms with van der Waals surface area (Å²) in [7, 11) is 1.39. The smallest absolute Gasteiger partial charge is 0.339 e. The molecule has 1 fully saturated rings. The number of rotatable bonds is 7. The highest BCUT2D eigenvalue weighted by Crippen LogP contribution is 2.44. The van der Waals surface area contributed by atoms with Crippen LogP contribution < -0.4 is 4.90 Å². The number of ether oxygens (including phenoxy) is 2. The maximum atomic E-state index is 13.2. The van der Waals surface area contributed by atoms with Crippen molar-refractivity contribution in [3.63, 3.8) is 0 Å². The second-order valence-electron chi connectivity index (χ2n) is 12.4. The first-order chi connectivity index (χ1) is 20.4. The third kappa shape index (κ3) is 6.70. The maximum absolute atomic E-state index is 13.2. The number of fused-ring (bicyclic) bond motifs is 1. The van der Waals surface area contributed by atoms with Gasteiger partial charge in [-0.2, -0.15) is 0 Å². The Kier molecular flexibility index (Phi) is 9.09. The van der Waals surface area contributed by atoms with Gasteiger partial charge in [-0.05, 0) is 83.9 Å². The summed E-state index contributed by atoms with van der Waals surface area (Å²) in [6, 6.07) is 12.4. The molecule has 1 aliphatic heterocycles. The average molecular weight is 622 g/mol. The number of hydrogen-bond donors (Lipinski definition) is 0. The zero-order valence-electron chi connectivity index (χ0n) is 26.1. The van der Waals surface area contributed by atoms with Gasteiger partial charge in [0, 0.05) is 54.1 Å². The third-order valence-corrected chi connectivity index (χ3v) is 9.08. The summed E-state index contributed by atoms with van der Waals surface area (Å²) in [5, 5.41) is 1.41. The van der Waals surface area contributed by atoms with Gasteiger partial charge in [0.2, 0.25) is 5.95 Å². The molecule has 2 atom stereocenters. The van der Waals surface area contributed by atoms with Crippen LogP contribution in [-0.2, 0) is 14.3 Å². The van der Waals surface area contributed by atoms with E-state index in [1.54, 1.807) is 11.3 Å². The van der Waals surface area contributed by atoms with Crippen molar-refractivity contribution in [3.05, 3.63) is 58.7 Å². The van der Waals surface area contributed by atoms with Crippen molar-refractivity contribution in [2.75, 3.05) is 31.6 Å². The van der Waals surface area contributed by atoms with Crippen LogP contribution in [0.5, 0.6) is 0 Å². The molecule has 2 unspecified atom stereocenters. The maximum Gasteiger partial charge on any atom is 0.339 e. The van der Waals surface area contributed by atoms with Crippen molar-refractivity contribution in [3.8, 4) is 21.8 Å². The summed E-state index contributed by atoms with van der Waals surface area (Å²) in [6.45, 7) is 17.3. The normalized spacial score (nSPS) is 17.1. The lowest BCUT2D eigenvalue weighted by Gasteiger charge is -2.41. The van der Waals surface area contributed by atoms with Gasteiger partial charge in [0.25, 0.3) is 0 Å². The zero-order valence-corrected chi connectivity index (χ0v) is 27.7. The molecule has 228 valence electrons. The first-order valence-electron chi connectivity index (χ1n) is 14.7. The number of halogens is 1. The molecule has 0 amide bonds. The number of benzene rings is 2. The molecule has 1 aliphatic rings. The number of piperazine rings is 1. The first-order valence-corrected chi connectivity index (χ1v) is 15.9. The Morgan fingerprint density at radius 2 is 1.84 bits per heavy atom. The minimum absolute atomic E-state index is 0.293. The second-order valence-corrected chi connectivity index (χ2v) is 13.8. The molecular weight excluding hydrogens is 582 g/mol. The molecular formula is C33H40ClN5O3S. The number of methoxy groups -OCH3 is 1. The number of carbonyl (C=O) groups is 1. The van der Waals surface area contributed by atoms with E-state index in [0.717, 1.165) is 62.8 Å². The summed E-state index contributed by atoms with van der Waals surface area (Å²) in [5.74, 6) is 0.260. The lowest BCUT2D eigenvalue weighted by molar-refractivity contribution is -0.164. The fourth-order valence-corrected chi connectivity index (χ4v) is 6.83. The van der Waals surface area contributed by atoms with Gasteiger partial charge in [-0.3, -0.25) is 4.90 Å². The fourth-order valence-electron chi connectivity index (χ4n) is 5.61. The molecule has 4 aromatic rings. The molecule has 0 saturated carbocycles.